The normalized spacial score (nSPS) is 10.9. The number of aromatic nitrogens is 1. The van der Waals surface area contributed by atoms with Crippen molar-refractivity contribution in [1.29, 1.82) is 0 Å². The topological polar surface area (TPSA) is 24.9 Å². The van der Waals surface area contributed by atoms with Gasteiger partial charge in [0, 0.05) is 21.2 Å². The molecule has 0 fully saturated rings. The van der Waals surface area contributed by atoms with E-state index in [2.05, 4.69) is 21.7 Å². The first kappa shape index (κ1) is 11.0. The molecule has 0 aliphatic rings. The molecule has 3 rings (SSSR count). The minimum Gasteiger partial charge on any atom is -0.365 e. The van der Waals surface area contributed by atoms with E-state index >= 15 is 0 Å². The van der Waals surface area contributed by atoms with E-state index in [1.54, 1.807) is 22.7 Å². The maximum atomic E-state index is 5.90. The third-order valence-electron chi connectivity index (χ3n) is 2.44. The maximum Gasteiger partial charge on any atom is 0.134 e. The quantitative estimate of drug-likeness (QED) is 0.757. The van der Waals surface area contributed by atoms with E-state index in [-0.39, 0.29) is 0 Å². The van der Waals surface area contributed by atoms with Crippen LogP contribution >= 0.6 is 34.3 Å². The largest absolute Gasteiger partial charge is 0.365 e. The molecule has 17 heavy (non-hydrogen) atoms. The maximum absolute atomic E-state index is 5.90. The Morgan fingerprint density at radius 1 is 1.24 bits per heavy atom. The predicted molar refractivity (Wildman–Crippen MR) is 76.3 cm³/mol. The summed E-state index contributed by atoms with van der Waals surface area (Å²) in [4.78, 5) is 5.58. The highest BCUT2D eigenvalue weighted by molar-refractivity contribution is 7.17. The van der Waals surface area contributed by atoms with Crippen molar-refractivity contribution in [2.24, 2.45) is 0 Å². The number of nitrogens with zero attached hydrogens (tertiary/aromatic N) is 1. The van der Waals surface area contributed by atoms with Crippen molar-refractivity contribution < 1.29 is 0 Å². The Labute approximate surface area is 112 Å². The molecule has 86 valence electrons. The second-order valence-corrected chi connectivity index (χ2v) is 6.30. The second kappa shape index (κ2) is 4.64. The van der Waals surface area contributed by atoms with Crippen LogP contribution < -0.4 is 5.32 Å². The summed E-state index contributed by atoms with van der Waals surface area (Å²) in [5.41, 5.74) is 0. The van der Waals surface area contributed by atoms with E-state index in [0.29, 0.717) is 0 Å². The summed E-state index contributed by atoms with van der Waals surface area (Å²) >= 11 is 9.22. The lowest BCUT2D eigenvalue weighted by Gasteiger charge is -2.04. The molecule has 0 atom stereocenters. The second-order valence-electron chi connectivity index (χ2n) is 3.55. The third kappa shape index (κ3) is 2.29. The van der Waals surface area contributed by atoms with Crippen LogP contribution in [0.15, 0.2) is 35.8 Å². The fraction of sp³-hybridized carbons (Fsp3) is 0.0833. The van der Waals surface area contributed by atoms with E-state index in [1.807, 2.05) is 24.4 Å². The summed E-state index contributed by atoms with van der Waals surface area (Å²) in [6.07, 6.45) is 1.84. The molecule has 3 aromatic rings. The molecule has 0 radical (unpaired) electrons. The van der Waals surface area contributed by atoms with Crippen LogP contribution in [-0.2, 0) is 6.54 Å². The Hall–Kier alpha value is -1.10. The number of fused-ring (bicyclic) bond motifs is 1. The van der Waals surface area contributed by atoms with Crippen molar-refractivity contribution in [1.82, 2.24) is 4.98 Å². The van der Waals surface area contributed by atoms with Crippen molar-refractivity contribution in [3.8, 4) is 0 Å². The number of anilines is 1. The Morgan fingerprint density at radius 3 is 3.00 bits per heavy atom. The van der Waals surface area contributed by atoms with Gasteiger partial charge < -0.3 is 5.32 Å². The molecule has 3 aromatic heterocycles. The summed E-state index contributed by atoms with van der Waals surface area (Å²) < 4.78 is 2.08. The fourth-order valence-corrected chi connectivity index (χ4v) is 3.46. The number of hydrogen-bond acceptors (Lipinski definition) is 4. The average molecular weight is 281 g/mol. The van der Waals surface area contributed by atoms with Crippen molar-refractivity contribution in [2.75, 3.05) is 5.32 Å². The highest BCUT2D eigenvalue weighted by atomic mass is 35.5. The zero-order valence-electron chi connectivity index (χ0n) is 8.81. The van der Waals surface area contributed by atoms with E-state index in [9.17, 15) is 0 Å². The van der Waals surface area contributed by atoms with Crippen LogP contribution in [0.25, 0.3) is 10.1 Å². The Balaban J connectivity index is 1.83. The number of rotatable bonds is 3. The smallest absolute Gasteiger partial charge is 0.134 e. The van der Waals surface area contributed by atoms with Crippen LogP contribution in [0.4, 0.5) is 5.82 Å². The molecule has 0 aromatic carbocycles. The third-order valence-corrected chi connectivity index (χ3v) is 4.55. The highest BCUT2D eigenvalue weighted by Crippen LogP contribution is 2.27. The number of nitrogens with one attached hydrogen (secondary N) is 1. The zero-order valence-corrected chi connectivity index (χ0v) is 11.2. The summed E-state index contributed by atoms with van der Waals surface area (Å²) in [5, 5.41) is 6.61. The predicted octanol–water partition coefficient (Wildman–Crippen LogP) is 4.62. The number of hydrogen-bond donors (Lipinski definition) is 1. The van der Waals surface area contributed by atoms with Crippen molar-refractivity contribution in [3.05, 3.63) is 45.1 Å². The van der Waals surface area contributed by atoms with Crippen molar-refractivity contribution in [2.45, 2.75) is 6.54 Å². The van der Waals surface area contributed by atoms with Gasteiger partial charge >= 0.3 is 0 Å². The summed E-state index contributed by atoms with van der Waals surface area (Å²) in [6, 6.07) is 8.08. The van der Waals surface area contributed by atoms with Gasteiger partial charge in [0.2, 0.25) is 0 Å². The molecule has 0 saturated carbocycles. The molecule has 0 aliphatic carbocycles. The molecular formula is C12H9ClN2S2. The minimum atomic E-state index is 0.763. The molecule has 0 amide bonds. The lowest BCUT2D eigenvalue weighted by molar-refractivity contribution is 1.15. The SMILES string of the molecule is Clc1ccc(CNc2nccc3sccc23)s1. The van der Waals surface area contributed by atoms with E-state index in [1.165, 1.54) is 15.0 Å². The number of halogens is 1. The van der Waals surface area contributed by atoms with Gasteiger partial charge in [0.1, 0.15) is 5.82 Å². The first-order chi connectivity index (χ1) is 8.33. The van der Waals surface area contributed by atoms with Crippen molar-refractivity contribution in [3.63, 3.8) is 0 Å². The monoisotopic (exact) mass is 280 g/mol. The number of pyridine rings is 1. The van der Waals surface area contributed by atoms with Gasteiger partial charge in [0.05, 0.1) is 10.9 Å². The molecule has 0 bridgehead atoms. The Morgan fingerprint density at radius 2 is 2.18 bits per heavy atom. The lowest BCUT2D eigenvalue weighted by atomic mass is 10.3. The van der Waals surface area contributed by atoms with Gasteiger partial charge in [-0.15, -0.1) is 22.7 Å². The van der Waals surface area contributed by atoms with Crippen LogP contribution in [0.5, 0.6) is 0 Å². The summed E-state index contributed by atoms with van der Waals surface area (Å²) in [5.74, 6) is 0.938. The molecule has 0 aliphatic heterocycles. The van der Waals surface area contributed by atoms with Crippen molar-refractivity contribution >= 4 is 50.2 Å². The standard InChI is InChI=1S/C12H9ClN2S2/c13-11-2-1-8(17-11)7-15-12-9-4-6-16-10(9)3-5-14-12/h1-6H,7H2,(H,14,15). The van der Waals surface area contributed by atoms with Gasteiger partial charge in [-0.1, -0.05) is 11.6 Å². The van der Waals surface area contributed by atoms with Gasteiger partial charge in [-0.05, 0) is 29.6 Å². The van der Waals surface area contributed by atoms with Gasteiger partial charge in [-0.25, -0.2) is 4.98 Å². The first-order valence-corrected chi connectivity index (χ1v) is 7.20. The zero-order chi connectivity index (χ0) is 11.7. The van der Waals surface area contributed by atoms with Crippen LogP contribution in [-0.4, -0.2) is 4.98 Å². The molecule has 0 unspecified atom stereocenters. The van der Waals surface area contributed by atoms with Crippen LogP contribution in [0, 0.1) is 0 Å². The van der Waals surface area contributed by atoms with E-state index in [4.69, 9.17) is 11.6 Å². The van der Waals surface area contributed by atoms with Gasteiger partial charge in [-0.3, -0.25) is 0 Å². The molecule has 1 N–H and O–H groups in total. The summed E-state index contributed by atoms with van der Waals surface area (Å²) in [7, 11) is 0. The molecular weight excluding hydrogens is 272 g/mol. The molecule has 2 nitrogen and oxygen atoms in total. The number of thiophene rings is 2. The summed E-state index contributed by atoms with van der Waals surface area (Å²) in [6.45, 7) is 0.763. The molecule has 0 spiro atoms. The average Bonchev–Trinajstić information content (AvgIpc) is 2.94. The molecule has 3 heterocycles. The van der Waals surface area contributed by atoms with E-state index < -0.39 is 0 Å². The first-order valence-electron chi connectivity index (χ1n) is 5.13. The lowest BCUT2D eigenvalue weighted by Crippen LogP contribution is -1.99. The molecule has 0 saturated heterocycles. The van der Waals surface area contributed by atoms with Gasteiger partial charge in [-0.2, -0.15) is 0 Å². The van der Waals surface area contributed by atoms with Crippen LogP contribution in [0.2, 0.25) is 4.34 Å². The highest BCUT2D eigenvalue weighted by Gasteiger charge is 2.03. The minimum absolute atomic E-state index is 0.763. The Kier molecular flexibility index (Phi) is 3.01. The van der Waals surface area contributed by atoms with Crippen LogP contribution in [0.1, 0.15) is 4.88 Å². The Bertz CT molecular complexity index is 645. The van der Waals surface area contributed by atoms with Gasteiger partial charge in [0.25, 0.3) is 0 Å². The fourth-order valence-electron chi connectivity index (χ4n) is 1.65. The van der Waals surface area contributed by atoms with E-state index in [0.717, 1.165) is 16.7 Å². The van der Waals surface area contributed by atoms with Crippen LogP contribution in [0.3, 0.4) is 0 Å². The van der Waals surface area contributed by atoms with Gasteiger partial charge in [0.15, 0.2) is 0 Å². The molecule has 5 heteroatoms.